The third kappa shape index (κ3) is 3.44. The normalized spacial score (nSPS) is 18.3. The number of hydrogen-bond acceptors (Lipinski definition) is 4. The lowest BCUT2D eigenvalue weighted by Gasteiger charge is -2.34. The zero-order valence-electron chi connectivity index (χ0n) is 10.8. The highest BCUT2D eigenvalue weighted by Crippen LogP contribution is 2.18. The molecule has 0 bridgehead atoms. The van der Waals surface area contributed by atoms with Gasteiger partial charge in [0.05, 0.1) is 12.0 Å². The summed E-state index contributed by atoms with van der Waals surface area (Å²) in [6, 6.07) is 6.94. The fourth-order valence-corrected chi connectivity index (χ4v) is 2.29. The van der Waals surface area contributed by atoms with Gasteiger partial charge in [-0.1, -0.05) is 0 Å². The summed E-state index contributed by atoms with van der Waals surface area (Å²) in [5, 5.41) is 12.2. The van der Waals surface area contributed by atoms with Gasteiger partial charge in [0.1, 0.15) is 0 Å². The van der Waals surface area contributed by atoms with Gasteiger partial charge in [-0.05, 0) is 31.9 Å². The smallest absolute Gasteiger partial charge is 0.0666 e. The molecule has 0 aromatic carbocycles. The zero-order valence-corrected chi connectivity index (χ0v) is 10.8. The highest BCUT2D eigenvalue weighted by atomic mass is 15.1. The summed E-state index contributed by atoms with van der Waals surface area (Å²) in [6.07, 6.45) is 5.96. The van der Waals surface area contributed by atoms with E-state index < -0.39 is 0 Å². The van der Waals surface area contributed by atoms with Gasteiger partial charge in [0.2, 0.25) is 0 Å². The van der Waals surface area contributed by atoms with Crippen molar-refractivity contribution >= 4 is 5.69 Å². The van der Waals surface area contributed by atoms with Crippen LogP contribution in [0.2, 0.25) is 0 Å². The van der Waals surface area contributed by atoms with Gasteiger partial charge in [-0.15, -0.1) is 0 Å². The number of nitriles is 1. The molecule has 4 heteroatoms. The first kappa shape index (κ1) is 12.8. The number of aromatic nitrogens is 1. The van der Waals surface area contributed by atoms with Crippen molar-refractivity contribution in [1.82, 2.24) is 10.3 Å². The Labute approximate surface area is 109 Å². The molecule has 1 saturated heterocycles. The molecule has 1 aromatic rings. The molecule has 0 amide bonds. The molecule has 1 aromatic heterocycles. The van der Waals surface area contributed by atoms with Crippen LogP contribution in [0.15, 0.2) is 24.5 Å². The maximum Gasteiger partial charge on any atom is 0.0666 e. The van der Waals surface area contributed by atoms with E-state index in [-0.39, 0.29) is 5.92 Å². The molecule has 0 aliphatic carbocycles. The van der Waals surface area contributed by atoms with Crippen LogP contribution in [0.3, 0.4) is 0 Å². The van der Waals surface area contributed by atoms with Crippen LogP contribution in [0, 0.1) is 17.2 Å². The largest absolute Gasteiger partial charge is 0.371 e. The fourth-order valence-electron chi connectivity index (χ4n) is 2.29. The van der Waals surface area contributed by atoms with Crippen molar-refractivity contribution in [3.63, 3.8) is 0 Å². The van der Waals surface area contributed by atoms with Crippen molar-refractivity contribution in [2.24, 2.45) is 5.92 Å². The fraction of sp³-hybridized carbons (Fsp3) is 0.571. The van der Waals surface area contributed by atoms with Crippen LogP contribution >= 0.6 is 0 Å². The lowest BCUT2D eigenvalue weighted by molar-refractivity contribution is 0.403. The van der Waals surface area contributed by atoms with Crippen molar-refractivity contribution < 1.29 is 0 Å². The zero-order chi connectivity index (χ0) is 12.8. The van der Waals surface area contributed by atoms with Crippen LogP contribution in [0.4, 0.5) is 5.69 Å². The van der Waals surface area contributed by atoms with Gasteiger partial charge in [-0.25, -0.2) is 0 Å². The van der Waals surface area contributed by atoms with Gasteiger partial charge in [-0.3, -0.25) is 4.98 Å². The van der Waals surface area contributed by atoms with Crippen LogP contribution in [0.5, 0.6) is 0 Å². The standard InChI is InChI=1S/C14H20N4/c1-12(10-15)11-17-13-4-8-18(9-5-13)14-2-6-16-7-3-14/h2-3,6-7,12-13,17H,4-5,8-9,11H2,1H3. The Balaban J connectivity index is 1.77. The molecule has 18 heavy (non-hydrogen) atoms. The monoisotopic (exact) mass is 244 g/mol. The molecule has 1 aliphatic rings. The summed E-state index contributed by atoms with van der Waals surface area (Å²) in [7, 11) is 0. The summed E-state index contributed by atoms with van der Waals surface area (Å²) in [5.41, 5.74) is 1.26. The van der Waals surface area contributed by atoms with Crippen molar-refractivity contribution in [3.05, 3.63) is 24.5 Å². The van der Waals surface area contributed by atoms with Gasteiger partial charge in [0, 0.05) is 43.8 Å². The van der Waals surface area contributed by atoms with Crippen molar-refractivity contribution in [3.8, 4) is 6.07 Å². The first-order valence-corrected chi connectivity index (χ1v) is 6.57. The Morgan fingerprint density at radius 3 is 2.72 bits per heavy atom. The minimum atomic E-state index is 0.100. The van der Waals surface area contributed by atoms with Crippen LogP contribution in [-0.4, -0.2) is 30.7 Å². The van der Waals surface area contributed by atoms with E-state index in [1.165, 1.54) is 5.69 Å². The third-order valence-corrected chi connectivity index (χ3v) is 3.46. The highest BCUT2D eigenvalue weighted by molar-refractivity contribution is 5.44. The topological polar surface area (TPSA) is 52.0 Å². The molecule has 96 valence electrons. The molecule has 1 N–H and O–H groups in total. The van der Waals surface area contributed by atoms with E-state index in [2.05, 4.69) is 33.4 Å². The summed E-state index contributed by atoms with van der Waals surface area (Å²) < 4.78 is 0. The Kier molecular flexibility index (Phi) is 4.54. The molecule has 0 saturated carbocycles. The predicted molar refractivity (Wildman–Crippen MR) is 72.3 cm³/mol. The number of rotatable bonds is 4. The summed E-state index contributed by atoms with van der Waals surface area (Å²) in [6.45, 7) is 4.90. The van der Waals surface area contributed by atoms with E-state index in [0.29, 0.717) is 6.04 Å². The Morgan fingerprint density at radius 1 is 1.44 bits per heavy atom. The number of piperidine rings is 1. The van der Waals surface area contributed by atoms with E-state index in [9.17, 15) is 0 Å². The second kappa shape index (κ2) is 6.36. The average Bonchev–Trinajstić information content (AvgIpc) is 2.46. The first-order chi connectivity index (χ1) is 8.79. The second-order valence-corrected chi connectivity index (χ2v) is 4.91. The predicted octanol–water partition coefficient (Wildman–Crippen LogP) is 1.80. The molecule has 0 spiro atoms. The van der Waals surface area contributed by atoms with Crippen LogP contribution in [-0.2, 0) is 0 Å². The van der Waals surface area contributed by atoms with Crippen LogP contribution in [0.1, 0.15) is 19.8 Å². The number of anilines is 1. The summed E-state index contributed by atoms with van der Waals surface area (Å²) >= 11 is 0. The Bertz CT molecular complexity index is 390. The molecule has 2 rings (SSSR count). The number of hydrogen-bond donors (Lipinski definition) is 1. The number of pyridine rings is 1. The molecular formula is C14H20N4. The number of nitrogens with zero attached hydrogens (tertiary/aromatic N) is 3. The summed E-state index contributed by atoms with van der Waals surface area (Å²) in [4.78, 5) is 6.44. The van der Waals surface area contributed by atoms with Gasteiger partial charge in [0.25, 0.3) is 0 Å². The van der Waals surface area contributed by atoms with E-state index >= 15 is 0 Å². The molecule has 4 nitrogen and oxygen atoms in total. The lowest BCUT2D eigenvalue weighted by atomic mass is 10.0. The maximum absolute atomic E-state index is 8.75. The van der Waals surface area contributed by atoms with Gasteiger partial charge >= 0.3 is 0 Å². The quantitative estimate of drug-likeness (QED) is 0.877. The molecule has 1 fully saturated rings. The molecular weight excluding hydrogens is 224 g/mol. The first-order valence-electron chi connectivity index (χ1n) is 6.57. The molecule has 1 atom stereocenters. The SMILES string of the molecule is CC(C#N)CNC1CCN(c2ccncc2)CC1. The van der Waals surface area contributed by atoms with E-state index in [0.717, 1.165) is 32.5 Å². The minimum Gasteiger partial charge on any atom is -0.371 e. The minimum absolute atomic E-state index is 0.100. The van der Waals surface area contributed by atoms with Crippen molar-refractivity contribution in [2.75, 3.05) is 24.5 Å². The molecule has 1 aliphatic heterocycles. The van der Waals surface area contributed by atoms with E-state index in [1.807, 2.05) is 19.3 Å². The van der Waals surface area contributed by atoms with Crippen LogP contribution in [0.25, 0.3) is 0 Å². The Morgan fingerprint density at radius 2 is 2.11 bits per heavy atom. The Hall–Kier alpha value is -1.60. The molecule has 1 unspecified atom stereocenters. The lowest BCUT2D eigenvalue weighted by Crippen LogP contribution is -2.43. The highest BCUT2D eigenvalue weighted by Gasteiger charge is 2.19. The van der Waals surface area contributed by atoms with Gasteiger partial charge in [-0.2, -0.15) is 5.26 Å². The summed E-state index contributed by atoms with van der Waals surface area (Å²) in [5.74, 6) is 0.100. The van der Waals surface area contributed by atoms with Crippen molar-refractivity contribution in [2.45, 2.75) is 25.8 Å². The van der Waals surface area contributed by atoms with Gasteiger partial charge < -0.3 is 10.2 Å². The van der Waals surface area contributed by atoms with E-state index in [4.69, 9.17) is 5.26 Å². The molecule has 0 radical (unpaired) electrons. The third-order valence-electron chi connectivity index (χ3n) is 3.46. The average molecular weight is 244 g/mol. The van der Waals surface area contributed by atoms with Crippen molar-refractivity contribution in [1.29, 1.82) is 5.26 Å². The molecule has 2 heterocycles. The van der Waals surface area contributed by atoms with Crippen LogP contribution < -0.4 is 10.2 Å². The second-order valence-electron chi connectivity index (χ2n) is 4.91. The number of nitrogens with one attached hydrogen (secondary N) is 1. The van der Waals surface area contributed by atoms with Gasteiger partial charge in [0.15, 0.2) is 0 Å². The maximum atomic E-state index is 8.75. The van der Waals surface area contributed by atoms with E-state index in [1.54, 1.807) is 0 Å².